The molecule has 2 rings (SSSR count). The van der Waals surface area contributed by atoms with E-state index in [2.05, 4.69) is 15.3 Å². The predicted molar refractivity (Wildman–Crippen MR) is 75.8 cm³/mol. The molecule has 0 spiro atoms. The Hall–Kier alpha value is -2.44. The molecular weight excluding hydrogens is 272 g/mol. The van der Waals surface area contributed by atoms with Crippen molar-refractivity contribution in [1.29, 1.82) is 0 Å². The van der Waals surface area contributed by atoms with Gasteiger partial charge in [-0.3, -0.25) is 19.3 Å². The highest BCUT2D eigenvalue weighted by Gasteiger charge is 2.31. The number of carbonyl (C=O) groups is 3. The Morgan fingerprint density at radius 3 is 2.62 bits per heavy atom. The van der Waals surface area contributed by atoms with Gasteiger partial charge in [0.15, 0.2) is 0 Å². The highest BCUT2D eigenvalue weighted by molar-refractivity contribution is 6.12. The Bertz CT molecular complexity index is 637. The van der Waals surface area contributed by atoms with Gasteiger partial charge in [0.25, 0.3) is 5.91 Å². The zero-order valence-electron chi connectivity index (χ0n) is 12.5. The molecule has 1 fully saturated rings. The molecule has 0 saturated carbocycles. The van der Waals surface area contributed by atoms with Crippen molar-refractivity contribution in [2.75, 3.05) is 6.54 Å². The standard InChI is InChI=1S/C14H18N4O3/c1-8(19)18-6-11(20)17-10(13(18)21)5-9-12(14(2,3)4)16-7-15-9/h5,7H,6H2,1-4H3,(H,15,16)(H,17,20)/b10-5-. The largest absolute Gasteiger partial charge is 0.348 e. The average Bonchev–Trinajstić information content (AvgIpc) is 2.81. The van der Waals surface area contributed by atoms with Crippen LogP contribution in [0.15, 0.2) is 12.0 Å². The van der Waals surface area contributed by atoms with Gasteiger partial charge < -0.3 is 10.3 Å². The molecular formula is C14H18N4O3. The van der Waals surface area contributed by atoms with Crippen LogP contribution in [0.3, 0.4) is 0 Å². The van der Waals surface area contributed by atoms with Crippen molar-refractivity contribution in [3.63, 3.8) is 0 Å². The van der Waals surface area contributed by atoms with Crippen LogP contribution in [-0.2, 0) is 19.8 Å². The van der Waals surface area contributed by atoms with Gasteiger partial charge in [0.1, 0.15) is 12.2 Å². The second kappa shape index (κ2) is 5.16. The summed E-state index contributed by atoms with van der Waals surface area (Å²) in [6.45, 7) is 7.02. The molecule has 1 aromatic heterocycles. The fourth-order valence-corrected chi connectivity index (χ4v) is 2.11. The van der Waals surface area contributed by atoms with Crippen LogP contribution in [0, 0.1) is 0 Å². The Balaban J connectivity index is 2.41. The summed E-state index contributed by atoms with van der Waals surface area (Å²) in [4.78, 5) is 43.3. The number of nitrogens with one attached hydrogen (secondary N) is 2. The molecule has 1 aromatic rings. The molecule has 7 heteroatoms. The van der Waals surface area contributed by atoms with Gasteiger partial charge in [-0.25, -0.2) is 4.98 Å². The summed E-state index contributed by atoms with van der Waals surface area (Å²) in [6.07, 6.45) is 3.03. The van der Waals surface area contributed by atoms with Gasteiger partial charge in [0.05, 0.1) is 12.0 Å². The van der Waals surface area contributed by atoms with Crippen molar-refractivity contribution < 1.29 is 14.4 Å². The predicted octanol–water partition coefficient (Wildman–Crippen LogP) is 0.553. The molecule has 2 heterocycles. The highest BCUT2D eigenvalue weighted by atomic mass is 16.2. The van der Waals surface area contributed by atoms with Crippen LogP contribution < -0.4 is 5.32 Å². The molecule has 1 saturated heterocycles. The van der Waals surface area contributed by atoms with E-state index in [1.54, 1.807) is 0 Å². The lowest BCUT2D eigenvalue weighted by atomic mass is 9.90. The normalized spacial score (nSPS) is 18.1. The van der Waals surface area contributed by atoms with Crippen molar-refractivity contribution in [2.24, 2.45) is 0 Å². The summed E-state index contributed by atoms with van der Waals surface area (Å²) in [7, 11) is 0. The maximum Gasteiger partial charge on any atom is 0.277 e. The van der Waals surface area contributed by atoms with Gasteiger partial charge >= 0.3 is 0 Å². The molecule has 112 valence electrons. The smallest absolute Gasteiger partial charge is 0.277 e. The van der Waals surface area contributed by atoms with Gasteiger partial charge in [0, 0.05) is 18.0 Å². The first-order valence-electron chi connectivity index (χ1n) is 6.58. The number of imide groups is 1. The van der Waals surface area contributed by atoms with E-state index in [0.717, 1.165) is 10.6 Å². The molecule has 1 aliphatic rings. The number of carbonyl (C=O) groups excluding carboxylic acids is 3. The molecule has 2 N–H and O–H groups in total. The number of nitrogens with zero attached hydrogens (tertiary/aromatic N) is 2. The second-order valence-electron chi connectivity index (χ2n) is 5.93. The first-order valence-corrected chi connectivity index (χ1v) is 6.58. The van der Waals surface area contributed by atoms with Gasteiger partial charge in [-0.2, -0.15) is 0 Å². The van der Waals surface area contributed by atoms with Crippen molar-refractivity contribution in [1.82, 2.24) is 20.2 Å². The Labute approximate surface area is 122 Å². The second-order valence-corrected chi connectivity index (χ2v) is 5.93. The lowest BCUT2D eigenvalue weighted by Gasteiger charge is -2.25. The van der Waals surface area contributed by atoms with E-state index in [-0.39, 0.29) is 17.7 Å². The highest BCUT2D eigenvalue weighted by Crippen LogP contribution is 2.24. The quantitative estimate of drug-likeness (QED) is 0.738. The van der Waals surface area contributed by atoms with Crippen LogP contribution in [0.4, 0.5) is 0 Å². The zero-order chi connectivity index (χ0) is 15.8. The minimum atomic E-state index is -0.523. The van der Waals surface area contributed by atoms with Crippen molar-refractivity contribution >= 4 is 23.8 Å². The van der Waals surface area contributed by atoms with Crippen LogP contribution in [-0.4, -0.2) is 39.1 Å². The third-order valence-corrected chi connectivity index (χ3v) is 3.13. The molecule has 0 aliphatic carbocycles. The number of H-pyrrole nitrogens is 1. The van der Waals surface area contributed by atoms with Crippen LogP contribution in [0.2, 0.25) is 0 Å². The van der Waals surface area contributed by atoms with E-state index in [1.165, 1.54) is 19.3 Å². The van der Waals surface area contributed by atoms with Gasteiger partial charge in [0.2, 0.25) is 11.8 Å². The lowest BCUT2D eigenvalue weighted by molar-refractivity contribution is -0.147. The maximum atomic E-state index is 12.2. The number of aromatic amines is 1. The number of rotatable bonds is 1. The summed E-state index contributed by atoms with van der Waals surface area (Å²) in [6, 6.07) is 0. The van der Waals surface area contributed by atoms with Gasteiger partial charge in [-0.05, 0) is 6.08 Å². The summed E-state index contributed by atoms with van der Waals surface area (Å²) in [5, 5.41) is 2.49. The topological polar surface area (TPSA) is 95.2 Å². The molecule has 0 bridgehead atoms. The summed E-state index contributed by atoms with van der Waals surface area (Å²) < 4.78 is 0. The fraction of sp³-hybridized carbons (Fsp3) is 0.429. The number of amides is 3. The molecule has 0 atom stereocenters. The number of hydrogen-bond donors (Lipinski definition) is 2. The molecule has 21 heavy (non-hydrogen) atoms. The monoisotopic (exact) mass is 290 g/mol. The number of hydrogen-bond acceptors (Lipinski definition) is 4. The Morgan fingerprint density at radius 1 is 1.38 bits per heavy atom. The number of imidazole rings is 1. The van der Waals surface area contributed by atoms with Crippen LogP contribution in [0.5, 0.6) is 0 Å². The van der Waals surface area contributed by atoms with Crippen LogP contribution in [0.1, 0.15) is 39.1 Å². The summed E-state index contributed by atoms with van der Waals surface area (Å²) in [5.74, 6) is -1.38. The van der Waals surface area contributed by atoms with Crippen molar-refractivity contribution in [2.45, 2.75) is 33.1 Å². The van der Waals surface area contributed by atoms with Crippen LogP contribution >= 0.6 is 0 Å². The minimum Gasteiger partial charge on any atom is -0.348 e. The van der Waals surface area contributed by atoms with Crippen molar-refractivity contribution in [3.05, 3.63) is 23.4 Å². The summed E-state index contributed by atoms with van der Waals surface area (Å²) in [5.41, 5.74) is 1.28. The van der Waals surface area contributed by atoms with E-state index in [0.29, 0.717) is 5.69 Å². The van der Waals surface area contributed by atoms with Crippen molar-refractivity contribution in [3.8, 4) is 0 Å². The van der Waals surface area contributed by atoms with Gasteiger partial charge in [-0.1, -0.05) is 20.8 Å². The molecule has 7 nitrogen and oxygen atoms in total. The zero-order valence-corrected chi connectivity index (χ0v) is 12.5. The fourth-order valence-electron chi connectivity index (χ4n) is 2.11. The summed E-state index contributed by atoms with van der Waals surface area (Å²) >= 11 is 0. The van der Waals surface area contributed by atoms with E-state index in [4.69, 9.17) is 0 Å². The van der Waals surface area contributed by atoms with Crippen LogP contribution in [0.25, 0.3) is 6.08 Å². The van der Waals surface area contributed by atoms with E-state index >= 15 is 0 Å². The third-order valence-electron chi connectivity index (χ3n) is 3.13. The number of aromatic nitrogens is 2. The maximum absolute atomic E-state index is 12.2. The molecule has 1 aliphatic heterocycles. The lowest BCUT2D eigenvalue weighted by Crippen LogP contribution is -2.51. The first-order chi connectivity index (χ1) is 9.70. The number of piperazine rings is 1. The molecule has 0 unspecified atom stereocenters. The Morgan fingerprint density at radius 2 is 2.05 bits per heavy atom. The van der Waals surface area contributed by atoms with Gasteiger partial charge in [-0.15, -0.1) is 0 Å². The first kappa shape index (κ1) is 15.0. The van der Waals surface area contributed by atoms with E-state index in [1.807, 2.05) is 20.8 Å². The molecule has 0 aromatic carbocycles. The Kier molecular flexibility index (Phi) is 3.67. The third kappa shape index (κ3) is 3.01. The van der Waals surface area contributed by atoms with E-state index < -0.39 is 17.7 Å². The average molecular weight is 290 g/mol. The SMILES string of the molecule is CC(=O)N1CC(=O)N/C(=C\c2nc[nH]c2C(C)(C)C)C1=O. The van der Waals surface area contributed by atoms with E-state index in [9.17, 15) is 14.4 Å². The minimum absolute atomic E-state index is 0.0547. The molecule has 0 radical (unpaired) electrons. The molecule has 3 amide bonds.